The SMILES string of the molecule is CC(C)(C)SCCN=Cc1c(O)n(-c2ccc(Cl)cc2)c(=O)[nH]c1=O. The second-order valence-electron chi connectivity index (χ2n) is 6.30. The minimum atomic E-state index is -0.731. The van der Waals surface area contributed by atoms with Gasteiger partial charge in [-0.1, -0.05) is 32.4 Å². The van der Waals surface area contributed by atoms with E-state index in [0.29, 0.717) is 17.3 Å². The van der Waals surface area contributed by atoms with Gasteiger partial charge >= 0.3 is 5.69 Å². The summed E-state index contributed by atoms with van der Waals surface area (Å²) in [6.45, 7) is 6.83. The molecule has 0 unspecified atom stereocenters. The fourth-order valence-corrected chi connectivity index (χ4v) is 2.98. The summed E-state index contributed by atoms with van der Waals surface area (Å²) in [4.78, 5) is 30.4. The number of nitrogens with one attached hydrogen (secondary N) is 1. The molecule has 0 spiro atoms. The first-order valence-corrected chi connectivity index (χ1v) is 9.03. The number of thioether (sulfide) groups is 1. The van der Waals surface area contributed by atoms with Crippen LogP contribution in [0.5, 0.6) is 5.88 Å². The zero-order valence-corrected chi connectivity index (χ0v) is 15.8. The predicted molar refractivity (Wildman–Crippen MR) is 104 cm³/mol. The topological polar surface area (TPSA) is 87.4 Å². The fraction of sp³-hybridized carbons (Fsp3) is 0.353. The smallest absolute Gasteiger partial charge is 0.335 e. The molecule has 0 fully saturated rings. The van der Waals surface area contributed by atoms with E-state index in [4.69, 9.17) is 11.6 Å². The van der Waals surface area contributed by atoms with Crippen LogP contribution < -0.4 is 11.2 Å². The molecule has 25 heavy (non-hydrogen) atoms. The summed E-state index contributed by atoms with van der Waals surface area (Å²) in [5, 5.41) is 10.9. The minimum Gasteiger partial charge on any atom is -0.493 e. The van der Waals surface area contributed by atoms with Gasteiger partial charge in [-0.2, -0.15) is 11.8 Å². The average Bonchev–Trinajstić information content (AvgIpc) is 2.50. The molecule has 2 aromatic rings. The van der Waals surface area contributed by atoms with Crippen LogP contribution in [0.15, 0.2) is 38.8 Å². The van der Waals surface area contributed by atoms with Crippen molar-refractivity contribution in [2.75, 3.05) is 12.3 Å². The molecule has 0 aliphatic rings. The van der Waals surface area contributed by atoms with Gasteiger partial charge in [-0.25, -0.2) is 9.36 Å². The Labute approximate surface area is 154 Å². The number of aromatic amines is 1. The average molecular weight is 382 g/mol. The van der Waals surface area contributed by atoms with E-state index < -0.39 is 17.1 Å². The van der Waals surface area contributed by atoms with Crippen LogP contribution in [-0.4, -0.2) is 37.9 Å². The maximum atomic E-state index is 12.1. The number of H-pyrrole nitrogens is 1. The largest absolute Gasteiger partial charge is 0.493 e. The van der Waals surface area contributed by atoms with Crippen LogP contribution in [0.25, 0.3) is 5.69 Å². The summed E-state index contributed by atoms with van der Waals surface area (Å²) in [5.74, 6) is 0.332. The molecule has 0 atom stereocenters. The van der Waals surface area contributed by atoms with Crippen molar-refractivity contribution >= 4 is 29.6 Å². The van der Waals surface area contributed by atoms with E-state index in [1.807, 2.05) is 0 Å². The summed E-state index contributed by atoms with van der Waals surface area (Å²) in [6.07, 6.45) is 1.29. The van der Waals surface area contributed by atoms with Crippen molar-refractivity contribution < 1.29 is 5.11 Å². The molecule has 1 heterocycles. The van der Waals surface area contributed by atoms with Gasteiger partial charge in [-0.15, -0.1) is 0 Å². The molecule has 0 aliphatic heterocycles. The first-order chi connectivity index (χ1) is 11.7. The maximum absolute atomic E-state index is 12.1. The van der Waals surface area contributed by atoms with Gasteiger partial charge in [-0.3, -0.25) is 14.8 Å². The summed E-state index contributed by atoms with van der Waals surface area (Å²) in [6, 6.07) is 6.32. The standard InChI is InChI=1S/C17H20ClN3O3S/c1-17(2,3)25-9-8-19-10-13-14(22)20-16(24)21(15(13)23)12-6-4-11(18)5-7-12/h4-7,10,23H,8-9H2,1-3H3,(H,20,22,24). The molecule has 1 aromatic carbocycles. The molecule has 2 rings (SSSR count). The summed E-state index contributed by atoms with van der Waals surface area (Å²) in [7, 11) is 0. The minimum absolute atomic E-state index is 0.0599. The highest BCUT2D eigenvalue weighted by Crippen LogP contribution is 2.22. The van der Waals surface area contributed by atoms with Gasteiger partial charge in [0.05, 0.1) is 5.69 Å². The normalized spacial score (nSPS) is 12.0. The van der Waals surface area contributed by atoms with E-state index in [1.165, 1.54) is 6.21 Å². The maximum Gasteiger partial charge on any atom is 0.335 e. The van der Waals surface area contributed by atoms with Crippen molar-refractivity contribution in [2.24, 2.45) is 4.99 Å². The van der Waals surface area contributed by atoms with Crippen LogP contribution in [-0.2, 0) is 0 Å². The van der Waals surface area contributed by atoms with Gasteiger partial charge in [0.2, 0.25) is 5.88 Å². The second kappa shape index (κ2) is 7.93. The Bertz CT molecular complexity index is 880. The van der Waals surface area contributed by atoms with Gasteiger partial charge in [0.1, 0.15) is 5.56 Å². The van der Waals surface area contributed by atoms with Crippen molar-refractivity contribution in [2.45, 2.75) is 25.5 Å². The van der Waals surface area contributed by atoms with E-state index in [0.717, 1.165) is 10.3 Å². The molecule has 8 heteroatoms. The van der Waals surface area contributed by atoms with Crippen LogP contribution in [0.3, 0.4) is 0 Å². The monoisotopic (exact) mass is 381 g/mol. The molecule has 0 saturated carbocycles. The Morgan fingerprint density at radius 2 is 1.92 bits per heavy atom. The highest BCUT2D eigenvalue weighted by molar-refractivity contribution is 8.00. The van der Waals surface area contributed by atoms with Gasteiger partial charge in [-0.05, 0) is 24.3 Å². The summed E-state index contributed by atoms with van der Waals surface area (Å²) < 4.78 is 1.14. The molecule has 0 amide bonds. The number of nitrogens with zero attached hydrogens (tertiary/aromatic N) is 2. The lowest BCUT2D eigenvalue weighted by Gasteiger charge is -2.16. The first kappa shape index (κ1) is 19.3. The van der Waals surface area contributed by atoms with E-state index in [1.54, 1.807) is 36.0 Å². The van der Waals surface area contributed by atoms with Gasteiger partial charge < -0.3 is 5.11 Å². The zero-order valence-electron chi connectivity index (χ0n) is 14.2. The van der Waals surface area contributed by atoms with Gasteiger partial charge in [0, 0.05) is 28.3 Å². The van der Waals surface area contributed by atoms with Crippen molar-refractivity contribution in [3.8, 4) is 11.6 Å². The molecule has 0 bridgehead atoms. The van der Waals surface area contributed by atoms with Crippen LogP contribution in [0, 0.1) is 0 Å². The van der Waals surface area contributed by atoms with E-state index in [2.05, 4.69) is 30.7 Å². The lowest BCUT2D eigenvalue weighted by atomic mass is 10.3. The van der Waals surface area contributed by atoms with Gasteiger partial charge in [0.25, 0.3) is 5.56 Å². The zero-order chi connectivity index (χ0) is 18.6. The quantitative estimate of drug-likeness (QED) is 0.615. The highest BCUT2D eigenvalue weighted by Gasteiger charge is 2.14. The van der Waals surface area contributed by atoms with Crippen molar-refractivity contribution in [3.63, 3.8) is 0 Å². The fourth-order valence-electron chi connectivity index (χ4n) is 2.04. The number of benzene rings is 1. The molecular formula is C17H20ClN3O3S. The van der Waals surface area contributed by atoms with Crippen LogP contribution >= 0.6 is 23.4 Å². The third-order valence-electron chi connectivity index (χ3n) is 3.18. The third-order valence-corrected chi connectivity index (χ3v) is 4.69. The number of aromatic nitrogens is 2. The Morgan fingerprint density at radius 1 is 1.28 bits per heavy atom. The van der Waals surface area contributed by atoms with Crippen LogP contribution in [0.1, 0.15) is 26.3 Å². The van der Waals surface area contributed by atoms with E-state index in [-0.39, 0.29) is 10.3 Å². The van der Waals surface area contributed by atoms with Crippen molar-refractivity contribution in [1.82, 2.24) is 9.55 Å². The number of aromatic hydroxyl groups is 1. The molecule has 0 saturated heterocycles. The van der Waals surface area contributed by atoms with Crippen LogP contribution in [0.4, 0.5) is 0 Å². The Hall–Kier alpha value is -1.99. The molecular weight excluding hydrogens is 362 g/mol. The number of hydrogen-bond acceptors (Lipinski definition) is 5. The first-order valence-electron chi connectivity index (χ1n) is 7.67. The van der Waals surface area contributed by atoms with E-state index in [9.17, 15) is 14.7 Å². The second-order valence-corrected chi connectivity index (χ2v) is 8.66. The summed E-state index contributed by atoms with van der Waals surface area (Å²) in [5.41, 5.74) is -1.08. The number of aliphatic imine (C=N–C) groups is 1. The Morgan fingerprint density at radius 3 is 2.52 bits per heavy atom. The van der Waals surface area contributed by atoms with Crippen LogP contribution in [0.2, 0.25) is 5.02 Å². The Kier molecular flexibility index (Phi) is 6.13. The number of rotatable bonds is 5. The Balaban J connectivity index is 2.30. The molecule has 6 nitrogen and oxygen atoms in total. The predicted octanol–water partition coefficient (Wildman–Crippen LogP) is 2.84. The summed E-state index contributed by atoms with van der Waals surface area (Å²) >= 11 is 7.59. The molecule has 1 aromatic heterocycles. The van der Waals surface area contributed by atoms with Gasteiger partial charge in [0.15, 0.2) is 0 Å². The van der Waals surface area contributed by atoms with Crippen molar-refractivity contribution in [1.29, 1.82) is 0 Å². The third kappa shape index (κ3) is 5.24. The molecule has 134 valence electrons. The molecule has 0 radical (unpaired) electrons. The highest BCUT2D eigenvalue weighted by atomic mass is 35.5. The molecule has 2 N–H and O–H groups in total. The van der Waals surface area contributed by atoms with E-state index >= 15 is 0 Å². The van der Waals surface area contributed by atoms with Crippen molar-refractivity contribution in [3.05, 3.63) is 55.7 Å². The molecule has 0 aliphatic carbocycles. The lowest BCUT2D eigenvalue weighted by Crippen LogP contribution is -2.31. The number of halogens is 1. The lowest BCUT2D eigenvalue weighted by molar-refractivity contribution is 0.430. The number of hydrogen-bond donors (Lipinski definition) is 2.